The summed E-state index contributed by atoms with van der Waals surface area (Å²) >= 11 is 0. The fourth-order valence-electron chi connectivity index (χ4n) is 2.55. The van der Waals surface area contributed by atoms with Gasteiger partial charge in [-0.3, -0.25) is 4.72 Å². The number of aryl methyl sites for hydroxylation is 1. The lowest BCUT2D eigenvalue weighted by Gasteiger charge is -2.19. The van der Waals surface area contributed by atoms with Gasteiger partial charge in [-0.15, -0.1) is 0 Å². The van der Waals surface area contributed by atoms with E-state index in [1.54, 1.807) is 26.0 Å². The molecule has 0 aliphatic carbocycles. The smallest absolute Gasteiger partial charge is 0.262 e. The quantitative estimate of drug-likeness (QED) is 0.720. The van der Waals surface area contributed by atoms with Gasteiger partial charge >= 0.3 is 0 Å². The number of anilines is 1. The van der Waals surface area contributed by atoms with Gasteiger partial charge in [0, 0.05) is 19.2 Å². The first-order valence-electron chi connectivity index (χ1n) is 8.43. The van der Waals surface area contributed by atoms with Gasteiger partial charge in [-0.25, -0.2) is 16.8 Å². The lowest BCUT2D eigenvalue weighted by atomic mass is 10.2. The van der Waals surface area contributed by atoms with Gasteiger partial charge in [-0.2, -0.15) is 4.31 Å². The maximum absolute atomic E-state index is 12.6. The average Bonchev–Trinajstić information content (AvgIpc) is 2.62. The highest BCUT2D eigenvalue weighted by Crippen LogP contribution is 2.30. The van der Waals surface area contributed by atoms with Gasteiger partial charge < -0.3 is 4.74 Å². The van der Waals surface area contributed by atoms with Crippen LogP contribution in [0, 0.1) is 6.92 Å². The second-order valence-electron chi connectivity index (χ2n) is 5.87. The Kier molecular flexibility index (Phi) is 6.50. The molecule has 2 rings (SSSR count). The van der Waals surface area contributed by atoms with Crippen molar-refractivity contribution < 1.29 is 21.6 Å². The number of hydrogen-bond acceptors (Lipinski definition) is 5. The summed E-state index contributed by atoms with van der Waals surface area (Å²) in [6.07, 6.45) is 0. The van der Waals surface area contributed by atoms with E-state index in [1.165, 1.54) is 41.7 Å². The fourth-order valence-corrected chi connectivity index (χ4v) is 5.09. The SMILES string of the molecule is CCN(CC)S(=O)(=O)c1ccc(NS(=O)(=O)c2ccc(C)cc2)c(OC)c1. The monoisotopic (exact) mass is 412 g/mol. The van der Waals surface area contributed by atoms with Crippen molar-refractivity contribution in [2.75, 3.05) is 24.9 Å². The summed E-state index contributed by atoms with van der Waals surface area (Å²) in [4.78, 5) is 0.149. The number of nitrogens with zero attached hydrogens (tertiary/aromatic N) is 1. The van der Waals surface area contributed by atoms with E-state index in [2.05, 4.69) is 4.72 Å². The van der Waals surface area contributed by atoms with Crippen LogP contribution in [0.25, 0.3) is 0 Å². The zero-order valence-corrected chi connectivity index (χ0v) is 17.4. The third-order valence-electron chi connectivity index (χ3n) is 4.09. The van der Waals surface area contributed by atoms with Crippen LogP contribution in [-0.4, -0.2) is 41.3 Å². The van der Waals surface area contributed by atoms with E-state index < -0.39 is 20.0 Å². The molecule has 27 heavy (non-hydrogen) atoms. The number of nitrogens with one attached hydrogen (secondary N) is 1. The average molecular weight is 413 g/mol. The fraction of sp³-hybridized carbons (Fsp3) is 0.333. The van der Waals surface area contributed by atoms with Gasteiger partial charge in [-0.05, 0) is 31.2 Å². The maximum atomic E-state index is 12.6. The summed E-state index contributed by atoms with van der Waals surface area (Å²) in [6.45, 7) is 6.04. The Morgan fingerprint density at radius 1 is 0.926 bits per heavy atom. The third-order valence-corrected chi connectivity index (χ3v) is 7.52. The maximum Gasteiger partial charge on any atom is 0.262 e. The van der Waals surface area contributed by atoms with Crippen LogP contribution in [0.5, 0.6) is 5.75 Å². The molecule has 0 aromatic heterocycles. The van der Waals surface area contributed by atoms with Gasteiger partial charge in [0.2, 0.25) is 10.0 Å². The molecule has 1 N–H and O–H groups in total. The summed E-state index contributed by atoms with van der Waals surface area (Å²) in [5.74, 6) is 0.124. The van der Waals surface area contributed by atoms with Crippen LogP contribution in [0.3, 0.4) is 0 Å². The standard InChI is InChI=1S/C18H24N2O5S2/c1-5-20(6-2)27(23,24)16-11-12-17(18(13-16)25-4)19-26(21,22)15-9-7-14(3)8-10-15/h7-13,19H,5-6H2,1-4H3. The van der Waals surface area contributed by atoms with Crippen molar-refractivity contribution in [3.05, 3.63) is 48.0 Å². The minimum absolute atomic E-state index is 0.0429. The minimum Gasteiger partial charge on any atom is -0.495 e. The molecule has 0 amide bonds. The second-order valence-corrected chi connectivity index (χ2v) is 9.49. The normalized spacial score (nSPS) is 12.2. The van der Waals surface area contributed by atoms with Crippen molar-refractivity contribution >= 4 is 25.7 Å². The highest BCUT2D eigenvalue weighted by Gasteiger charge is 2.24. The Morgan fingerprint density at radius 2 is 1.48 bits per heavy atom. The number of hydrogen-bond donors (Lipinski definition) is 1. The van der Waals surface area contributed by atoms with Crippen LogP contribution in [0.2, 0.25) is 0 Å². The van der Waals surface area contributed by atoms with Crippen LogP contribution in [0.15, 0.2) is 52.3 Å². The second kappa shape index (κ2) is 8.28. The van der Waals surface area contributed by atoms with Crippen LogP contribution >= 0.6 is 0 Å². The van der Waals surface area contributed by atoms with Crippen molar-refractivity contribution in [3.8, 4) is 5.75 Å². The molecule has 2 aromatic rings. The summed E-state index contributed by atoms with van der Waals surface area (Å²) in [5, 5.41) is 0. The topological polar surface area (TPSA) is 92.8 Å². The number of rotatable bonds is 8. The predicted molar refractivity (Wildman–Crippen MR) is 105 cm³/mol. The molecule has 0 aliphatic rings. The van der Waals surface area contributed by atoms with Crippen molar-refractivity contribution in [3.63, 3.8) is 0 Å². The number of methoxy groups -OCH3 is 1. The lowest BCUT2D eigenvalue weighted by Crippen LogP contribution is -2.30. The van der Waals surface area contributed by atoms with Crippen LogP contribution < -0.4 is 9.46 Å². The van der Waals surface area contributed by atoms with Crippen molar-refractivity contribution in [1.29, 1.82) is 0 Å². The molecule has 0 heterocycles. The molecule has 0 aliphatic heterocycles. The molecule has 0 saturated heterocycles. The van der Waals surface area contributed by atoms with Crippen LogP contribution in [0.4, 0.5) is 5.69 Å². The molecular weight excluding hydrogens is 388 g/mol. The highest BCUT2D eigenvalue weighted by molar-refractivity contribution is 7.92. The molecule has 0 unspecified atom stereocenters. The molecular formula is C18H24N2O5S2. The molecule has 2 aromatic carbocycles. The van der Waals surface area contributed by atoms with Gasteiger partial charge in [0.25, 0.3) is 10.0 Å². The van der Waals surface area contributed by atoms with E-state index in [1.807, 2.05) is 6.92 Å². The summed E-state index contributed by atoms with van der Waals surface area (Å²) in [6, 6.07) is 10.5. The molecule has 148 valence electrons. The van der Waals surface area contributed by atoms with Gasteiger partial charge in [-0.1, -0.05) is 31.5 Å². The first kappa shape index (κ1) is 21.2. The summed E-state index contributed by atoms with van der Waals surface area (Å²) in [7, 11) is -6.15. The van der Waals surface area contributed by atoms with Gasteiger partial charge in [0.15, 0.2) is 0 Å². The molecule has 0 fully saturated rings. The number of benzene rings is 2. The molecule has 0 saturated carbocycles. The van der Waals surface area contributed by atoms with Crippen molar-refractivity contribution in [1.82, 2.24) is 4.31 Å². The Bertz CT molecular complexity index is 997. The Hall–Kier alpha value is -2.10. The van der Waals surface area contributed by atoms with E-state index in [-0.39, 0.29) is 21.2 Å². The predicted octanol–water partition coefficient (Wildman–Crippen LogP) is 2.83. The van der Waals surface area contributed by atoms with Crippen LogP contribution in [0.1, 0.15) is 19.4 Å². The van der Waals surface area contributed by atoms with E-state index in [9.17, 15) is 16.8 Å². The zero-order valence-electron chi connectivity index (χ0n) is 15.8. The minimum atomic E-state index is -3.83. The molecule has 0 radical (unpaired) electrons. The lowest BCUT2D eigenvalue weighted by molar-refractivity contribution is 0.414. The van der Waals surface area contributed by atoms with E-state index >= 15 is 0 Å². The number of ether oxygens (including phenoxy) is 1. The Labute approximate surface area is 161 Å². The third kappa shape index (κ3) is 4.60. The number of sulfonamides is 2. The Balaban J connectivity index is 2.41. The molecule has 0 bridgehead atoms. The van der Waals surface area contributed by atoms with Gasteiger partial charge in [0.05, 0.1) is 22.6 Å². The van der Waals surface area contributed by atoms with Crippen LogP contribution in [-0.2, 0) is 20.0 Å². The van der Waals surface area contributed by atoms with E-state index in [0.29, 0.717) is 13.1 Å². The Morgan fingerprint density at radius 3 is 2.00 bits per heavy atom. The van der Waals surface area contributed by atoms with Gasteiger partial charge in [0.1, 0.15) is 5.75 Å². The summed E-state index contributed by atoms with van der Waals surface area (Å²) < 4.78 is 59.4. The van der Waals surface area contributed by atoms with Crippen molar-refractivity contribution in [2.24, 2.45) is 0 Å². The molecule has 0 spiro atoms. The largest absolute Gasteiger partial charge is 0.495 e. The molecule has 7 nitrogen and oxygen atoms in total. The zero-order chi connectivity index (χ0) is 20.2. The summed E-state index contributed by atoms with van der Waals surface area (Å²) in [5.41, 5.74) is 1.11. The van der Waals surface area contributed by atoms with E-state index in [0.717, 1.165) is 5.56 Å². The van der Waals surface area contributed by atoms with E-state index in [4.69, 9.17) is 4.74 Å². The van der Waals surface area contributed by atoms with Crippen molar-refractivity contribution in [2.45, 2.75) is 30.6 Å². The first-order valence-corrected chi connectivity index (χ1v) is 11.4. The molecule has 0 atom stereocenters. The highest BCUT2D eigenvalue weighted by atomic mass is 32.2. The molecule has 9 heteroatoms. The first-order chi connectivity index (χ1) is 12.7.